The highest BCUT2D eigenvalue weighted by Gasteiger charge is 2.59. The molecule has 0 radical (unpaired) electrons. The second-order valence-corrected chi connectivity index (χ2v) is 10.6. The van der Waals surface area contributed by atoms with Crippen LogP contribution < -0.4 is 0 Å². The lowest BCUT2D eigenvalue weighted by atomic mass is 9.47. The summed E-state index contributed by atoms with van der Waals surface area (Å²) < 4.78 is 5.46. The van der Waals surface area contributed by atoms with Gasteiger partial charge in [0.1, 0.15) is 5.76 Å². The Morgan fingerprint density at radius 2 is 1.93 bits per heavy atom. The van der Waals surface area contributed by atoms with Crippen molar-refractivity contribution in [2.24, 2.45) is 34.5 Å². The largest absolute Gasteiger partial charge is 0.423 e. The lowest BCUT2D eigenvalue weighted by molar-refractivity contribution is -0.132. The first-order chi connectivity index (χ1) is 13.3. The Morgan fingerprint density at radius 1 is 1.11 bits per heavy atom. The van der Waals surface area contributed by atoms with Gasteiger partial charge in [-0.05, 0) is 104 Å². The Kier molecular flexibility index (Phi) is 4.21. The summed E-state index contributed by atoms with van der Waals surface area (Å²) in [6, 6.07) is 0. The van der Waals surface area contributed by atoms with Gasteiger partial charge in [0, 0.05) is 6.08 Å². The Bertz CT molecular complexity index is 790. The van der Waals surface area contributed by atoms with E-state index in [1.807, 2.05) is 6.08 Å². The van der Waals surface area contributed by atoms with Crippen LogP contribution in [0.1, 0.15) is 72.1 Å². The molecule has 0 bridgehead atoms. The van der Waals surface area contributed by atoms with Gasteiger partial charge < -0.3 is 9.84 Å². The molecule has 0 aromatic heterocycles. The molecule has 152 valence electrons. The molecule has 4 aliphatic carbocycles. The van der Waals surface area contributed by atoms with Gasteiger partial charge in [0.05, 0.1) is 6.10 Å². The van der Waals surface area contributed by atoms with Gasteiger partial charge in [-0.15, -0.1) is 0 Å². The van der Waals surface area contributed by atoms with E-state index in [1.54, 1.807) is 11.6 Å². The summed E-state index contributed by atoms with van der Waals surface area (Å²) in [6.45, 7) is 7.19. The summed E-state index contributed by atoms with van der Waals surface area (Å²) in [5.74, 6) is 3.40. The number of aliphatic hydroxyl groups is 1. The average molecular weight is 383 g/mol. The van der Waals surface area contributed by atoms with E-state index in [0.717, 1.165) is 42.8 Å². The van der Waals surface area contributed by atoms with Crippen LogP contribution in [0, 0.1) is 34.5 Å². The van der Waals surface area contributed by atoms with Crippen molar-refractivity contribution in [3.63, 3.8) is 0 Å². The van der Waals surface area contributed by atoms with Gasteiger partial charge in [0.25, 0.3) is 0 Å². The highest BCUT2D eigenvalue weighted by Crippen LogP contribution is 2.67. The first-order valence-electron chi connectivity index (χ1n) is 11.3. The first kappa shape index (κ1) is 18.7. The number of ether oxygens (including phenoxy) is 1. The molecule has 0 aromatic carbocycles. The number of esters is 1. The predicted octanol–water partition coefficient (Wildman–Crippen LogP) is 5.31. The molecule has 3 saturated carbocycles. The van der Waals surface area contributed by atoms with E-state index in [2.05, 4.69) is 26.8 Å². The average Bonchev–Trinajstić information content (AvgIpc) is 3.25. The number of cyclic esters (lactones) is 1. The summed E-state index contributed by atoms with van der Waals surface area (Å²) >= 11 is 0. The van der Waals surface area contributed by atoms with Crippen LogP contribution in [-0.4, -0.2) is 17.2 Å². The van der Waals surface area contributed by atoms with Crippen molar-refractivity contribution in [1.29, 1.82) is 0 Å². The van der Waals surface area contributed by atoms with E-state index < -0.39 is 0 Å². The maximum Gasteiger partial charge on any atom is 0.336 e. The van der Waals surface area contributed by atoms with Gasteiger partial charge >= 0.3 is 5.97 Å². The molecule has 3 nitrogen and oxygen atoms in total. The van der Waals surface area contributed by atoms with Crippen LogP contribution in [0.15, 0.2) is 35.1 Å². The minimum Gasteiger partial charge on any atom is -0.423 e. The minimum absolute atomic E-state index is 0.128. The summed E-state index contributed by atoms with van der Waals surface area (Å²) in [7, 11) is 0. The van der Waals surface area contributed by atoms with Crippen molar-refractivity contribution in [3.05, 3.63) is 35.1 Å². The highest BCUT2D eigenvalue weighted by atomic mass is 16.5. The summed E-state index contributed by atoms with van der Waals surface area (Å²) in [6.07, 6.45) is 15.1. The quantitative estimate of drug-likeness (QED) is 0.493. The molecular weight excluding hydrogens is 348 g/mol. The third-order valence-corrected chi connectivity index (χ3v) is 9.57. The van der Waals surface area contributed by atoms with Crippen molar-refractivity contribution in [1.82, 2.24) is 0 Å². The lowest BCUT2D eigenvalue weighted by Crippen LogP contribution is -2.50. The van der Waals surface area contributed by atoms with Crippen molar-refractivity contribution < 1.29 is 14.6 Å². The monoisotopic (exact) mass is 382 g/mol. The van der Waals surface area contributed by atoms with Gasteiger partial charge in [0.2, 0.25) is 0 Å². The highest BCUT2D eigenvalue weighted by molar-refractivity contribution is 5.86. The van der Waals surface area contributed by atoms with E-state index >= 15 is 0 Å². The third kappa shape index (κ3) is 2.54. The standard InChI is InChI=1S/C25H34O3/c1-15(22-8-9-23(27)28-22)19-6-7-20-18-5-4-16-14-17(26)10-12-24(16,2)21(18)11-13-25(19,20)3/h4,8-9,17-21,26H,5-7,10-14H2,1-3H3/t17-,18?,19?,20?,21?,24-,25+/m0/s1. The number of hydrogen-bond acceptors (Lipinski definition) is 3. The molecule has 3 heteroatoms. The molecule has 1 N–H and O–H groups in total. The fourth-order valence-corrected chi connectivity index (χ4v) is 8.06. The number of fused-ring (bicyclic) bond motifs is 5. The third-order valence-electron chi connectivity index (χ3n) is 9.57. The van der Waals surface area contributed by atoms with Crippen LogP contribution in [0.25, 0.3) is 0 Å². The number of aliphatic hydroxyl groups excluding tert-OH is 1. The minimum atomic E-state index is -0.227. The van der Waals surface area contributed by atoms with Crippen LogP contribution in [0.5, 0.6) is 0 Å². The van der Waals surface area contributed by atoms with E-state index in [-0.39, 0.29) is 12.1 Å². The van der Waals surface area contributed by atoms with Gasteiger partial charge in [-0.3, -0.25) is 0 Å². The van der Waals surface area contributed by atoms with Crippen molar-refractivity contribution in [2.45, 2.75) is 78.2 Å². The predicted molar refractivity (Wildman–Crippen MR) is 109 cm³/mol. The molecule has 28 heavy (non-hydrogen) atoms. The van der Waals surface area contributed by atoms with Crippen LogP contribution in [0.3, 0.4) is 0 Å². The Labute approximate surface area is 168 Å². The zero-order chi connectivity index (χ0) is 19.7. The van der Waals surface area contributed by atoms with Crippen molar-refractivity contribution in [3.8, 4) is 0 Å². The van der Waals surface area contributed by atoms with E-state index in [0.29, 0.717) is 16.7 Å². The molecular formula is C25H34O3. The van der Waals surface area contributed by atoms with Gasteiger partial charge in [-0.25, -0.2) is 4.79 Å². The molecule has 1 heterocycles. The maximum absolute atomic E-state index is 11.5. The molecule has 5 rings (SSSR count). The Balaban J connectivity index is 1.44. The molecule has 5 aliphatic rings. The zero-order valence-corrected chi connectivity index (χ0v) is 17.5. The second kappa shape index (κ2) is 6.32. The smallest absolute Gasteiger partial charge is 0.336 e. The normalized spacial score (nSPS) is 49.1. The van der Waals surface area contributed by atoms with Gasteiger partial charge in [-0.1, -0.05) is 25.5 Å². The molecule has 1 aliphatic heterocycles. The second-order valence-electron chi connectivity index (χ2n) is 10.6. The molecule has 0 aromatic rings. The summed E-state index contributed by atoms with van der Waals surface area (Å²) in [4.78, 5) is 11.5. The van der Waals surface area contributed by atoms with E-state index in [4.69, 9.17) is 4.74 Å². The number of hydrogen-bond donors (Lipinski definition) is 1. The van der Waals surface area contributed by atoms with Crippen LogP contribution in [0.4, 0.5) is 0 Å². The van der Waals surface area contributed by atoms with Gasteiger partial charge in [0.15, 0.2) is 0 Å². The fraction of sp³-hybridized carbons (Fsp3) is 0.720. The Hall–Kier alpha value is -1.35. The Morgan fingerprint density at radius 3 is 2.68 bits per heavy atom. The van der Waals surface area contributed by atoms with Crippen molar-refractivity contribution in [2.75, 3.05) is 0 Å². The van der Waals surface area contributed by atoms with E-state index in [9.17, 15) is 9.90 Å². The zero-order valence-electron chi connectivity index (χ0n) is 17.5. The molecule has 3 fully saturated rings. The topological polar surface area (TPSA) is 46.5 Å². The number of carbonyl (C=O) groups is 1. The van der Waals surface area contributed by atoms with Crippen LogP contribution in [0.2, 0.25) is 0 Å². The van der Waals surface area contributed by atoms with Crippen LogP contribution >= 0.6 is 0 Å². The maximum atomic E-state index is 11.5. The number of carbonyl (C=O) groups excluding carboxylic acids is 1. The van der Waals surface area contributed by atoms with Crippen molar-refractivity contribution >= 4 is 5.97 Å². The number of rotatable bonds is 1. The first-order valence-corrected chi connectivity index (χ1v) is 11.3. The summed E-state index contributed by atoms with van der Waals surface area (Å²) in [5.41, 5.74) is 3.45. The summed E-state index contributed by atoms with van der Waals surface area (Å²) in [5, 5.41) is 10.2. The SMILES string of the molecule is CC(=C1C=CC(=O)O1)C1CCC2C3CC=C4C[C@@H](O)CC[C@]4(C)C3CC[C@]12C. The molecule has 0 spiro atoms. The molecule has 7 atom stereocenters. The van der Waals surface area contributed by atoms with E-state index in [1.165, 1.54) is 37.7 Å². The molecule has 0 saturated heterocycles. The fourth-order valence-electron chi connectivity index (χ4n) is 8.06. The molecule has 0 amide bonds. The van der Waals surface area contributed by atoms with Crippen LogP contribution in [-0.2, 0) is 9.53 Å². The van der Waals surface area contributed by atoms with Gasteiger partial charge in [-0.2, -0.15) is 0 Å². The lowest BCUT2D eigenvalue weighted by Gasteiger charge is -2.58. The number of allylic oxidation sites excluding steroid dienone is 3. The molecule has 4 unspecified atom stereocenters.